The highest BCUT2D eigenvalue weighted by atomic mass is 16.6. The van der Waals surface area contributed by atoms with Gasteiger partial charge in [0.05, 0.1) is 17.8 Å². The van der Waals surface area contributed by atoms with Crippen LogP contribution < -0.4 is 0 Å². The van der Waals surface area contributed by atoms with Crippen LogP contribution in [0.3, 0.4) is 0 Å². The predicted octanol–water partition coefficient (Wildman–Crippen LogP) is 6.52. The molecule has 5 aliphatic rings. The van der Waals surface area contributed by atoms with Crippen molar-refractivity contribution in [3.8, 4) is 0 Å². The second-order valence-electron chi connectivity index (χ2n) is 12.6. The highest BCUT2D eigenvalue weighted by Crippen LogP contribution is 2.70. The smallest absolute Gasteiger partial charge is 0.0953 e. The molecule has 3 saturated carbocycles. The van der Waals surface area contributed by atoms with E-state index in [-0.39, 0.29) is 11.7 Å². The Balaban J connectivity index is 1.35. The molecular formula is C27H44O2. The molecule has 1 saturated heterocycles. The van der Waals surface area contributed by atoms with Gasteiger partial charge in [0.15, 0.2) is 0 Å². The van der Waals surface area contributed by atoms with Gasteiger partial charge in [-0.15, -0.1) is 0 Å². The van der Waals surface area contributed by atoms with Gasteiger partial charge in [0, 0.05) is 0 Å². The minimum absolute atomic E-state index is 0.0923. The Labute approximate surface area is 178 Å². The standard InChI is InChI=1S/C27H44O2/c1-17(2)6-11-24-27(5,29-24)23-10-9-21-20-8-7-18-16-19(28)12-14-25(18,3)22(20)13-15-26(21,23)4/h7,17,19-24,28H,6,8-16H2,1-5H3/t19-,20-,21-,22-,23-,24?,25-,26-,27?/m0/s1. The molecular weight excluding hydrogens is 356 g/mol. The number of fused-ring (bicyclic) bond motifs is 5. The molecule has 29 heavy (non-hydrogen) atoms. The van der Waals surface area contributed by atoms with Crippen LogP contribution in [0.1, 0.15) is 98.8 Å². The molecule has 5 rings (SSSR count). The van der Waals surface area contributed by atoms with E-state index in [1.54, 1.807) is 5.57 Å². The van der Waals surface area contributed by atoms with Crippen molar-refractivity contribution >= 4 is 0 Å². The third-order valence-electron chi connectivity index (χ3n) is 10.8. The van der Waals surface area contributed by atoms with Gasteiger partial charge in [-0.05, 0) is 112 Å². The number of rotatable bonds is 4. The van der Waals surface area contributed by atoms with Gasteiger partial charge in [0.2, 0.25) is 0 Å². The summed E-state index contributed by atoms with van der Waals surface area (Å²) in [5.41, 5.74) is 2.58. The predicted molar refractivity (Wildman–Crippen MR) is 119 cm³/mol. The third-order valence-corrected chi connectivity index (χ3v) is 10.8. The molecule has 0 aromatic rings. The Hall–Kier alpha value is -0.340. The molecule has 1 aliphatic heterocycles. The molecule has 1 N–H and O–H groups in total. The lowest BCUT2D eigenvalue weighted by Crippen LogP contribution is -2.51. The van der Waals surface area contributed by atoms with Gasteiger partial charge in [0.25, 0.3) is 0 Å². The second-order valence-corrected chi connectivity index (χ2v) is 12.6. The van der Waals surface area contributed by atoms with Crippen molar-refractivity contribution < 1.29 is 9.84 Å². The normalized spacial score (nSPS) is 53.8. The molecule has 2 unspecified atom stereocenters. The van der Waals surface area contributed by atoms with Crippen LogP contribution >= 0.6 is 0 Å². The maximum atomic E-state index is 10.2. The van der Waals surface area contributed by atoms with Crippen LogP contribution in [0.2, 0.25) is 0 Å². The molecule has 0 aromatic heterocycles. The van der Waals surface area contributed by atoms with Gasteiger partial charge in [-0.2, -0.15) is 0 Å². The fraction of sp³-hybridized carbons (Fsp3) is 0.926. The van der Waals surface area contributed by atoms with E-state index in [0.29, 0.717) is 16.9 Å². The van der Waals surface area contributed by atoms with Crippen LogP contribution in [0.25, 0.3) is 0 Å². The maximum Gasteiger partial charge on any atom is 0.0953 e. The molecule has 9 atom stereocenters. The number of hydrogen-bond acceptors (Lipinski definition) is 2. The highest BCUT2D eigenvalue weighted by molar-refractivity contribution is 5.26. The van der Waals surface area contributed by atoms with Crippen LogP contribution in [0.5, 0.6) is 0 Å². The number of ether oxygens (including phenoxy) is 1. The van der Waals surface area contributed by atoms with Crippen LogP contribution in [-0.2, 0) is 4.74 Å². The van der Waals surface area contributed by atoms with Crippen LogP contribution in [-0.4, -0.2) is 22.9 Å². The summed E-state index contributed by atoms with van der Waals surface area (Å²) in [6.07, 6.45) is 15.5. The van der Waals surface area contributed by atoms with Crippen LogP contribution in [0.4, 0.5) is 0 Å². The van der Waals surface area contributed by atoms with Crippen LogP contribution in [0, 0.1) is 40.4 Å². The second kappa shape index (κ2) is 6.83. The quantitative estimate of drug-likeness (QED) is 0.430. The summed E-state index contributed by atoms with van der Waals surface area (Å²) in [6.45, 7) is 12.3. The largest absolute Gasteiger partial charge is 0.393 e. The zero-order valence-electron chi connectivity index (χ0n) is 19.5. The molecule has 4 aliphatic carbocycles. The summed E-state index contributed by atoms with van der Waals surface area (Å²) < 4.78 is 6.47. The minimum Gasteiger partial charge on any atom is -0.393 e. The molecule has 4 fully saturated rings. The Kier molecular flexibility index (Phi) is 4.84. The van der Waals surface area contributed by atoms with E-state index in [9.17, 15) is 5.11 Å². The topological polar surface area (TPSA) is 32.8 Å². The Morgan fingerprint density at radius 3 is 2.62 bits per heavy atom. The Morgan fingerprint density at radius 1 is 1.07 bits per heavy atom. The Bertz CT molecular complexity index is 682. The van der Waals surface area contributed by atoms with Gasteiger partial charge in [-0.25, -0.2) is 0 Å². The molecule has 2 nitrogen and oxygen atoms in total. The SMILES string of the molecule is CC(C)CCC1OC1(C)[C@H]1CC[C@H]2[C@@H]3CC=C4C[C@@H](O)CC[C@]4(C)[C@H]3CC[C@]12C. The molecule has 2 heteroatoms. The van der Waals surface area contributed by atoms with E-state index in [4.69, 9.17) is 4.74 Å². The lowest BCUT2D eigenvalue weighted by atomic mass is 9.47. The molecule has 164 valence electrons. The first kappa shape index (κ1) is 20.6. The van der Waals surface area contributed by atoms with Gasteiger partial charge < -0.3 is 9.84 Å². The van der Waals surface area contributed by atoms with Gasteiger partial charge in [-0.3, -0.25) is 0 Å². The monoisotopic (exact) mass is 400 g/mol. The van der Waals surface area contributed by atoms with Crippen molar-refractivity contribution in [1.82, 2.24) is 0 Å². The first-order chi connectivity index (χ1) is 13.7. The number of aliphatic hydroxyl groups is 1. The summed E-state index contributed by atoms with van der Waals surface area (Å²) in [4.78, 5) is 0. The molecule has 0 bridgehead atoms. The lowest BCUT2D eigenvalue weighted by molar-refractivity contribution is -0.0596. The van der Waals surface area contributed by atoms with E-state index < -0.39 is 0 Å². The first-order valence-corrected chi connectivity index (χ1v) is 12.7. The van der Waals surface area contributed by atoms with E-state index in [2.05, 4.69) is 40.7 Å². The third kappa shape index (κ3) is 3.02. The maximum absolute atomic E-state index is 10.2. The van der Waals surface area contributed by atoms with Crippen molar-refractivity contribution in [2.45, 2.75) is 117 Å². The zero-order valence-corrected chi connectivity index (χ0v) is 19.5. The van der Waals surface area contributed by atoms with Gasteiger partial charge in [-0.1, -0.05) is 39.3 Å². The summed E-state index contributed by atoms with van der Waals surface area (Å²) in [7, 11) is 0. The highest BCUT2D eigenvalue weighted by Gasteiger charge is 2.67. The minimum atomic E-state index is -0.0923. The van der Waals surface area contributed by atoms with E-state index in [1.807, 2.05) is 0 Å². The first-order valence-electron chi connectivity index (χ1n) is 12.7. The fourth-order valence-corrected chi connectivity index (χ4v) is 8.99. The van der Waals surface area contributed by atoms with Crippen LogP contribution in [0.15, 0.2) is 11.6 Å². The molecule has 0 radical (unpaired) electrons. The van der Waals surface area contributed by atoms with E-state index in [1.165, 1.54) is 51.4 Å². The Morgan fingerprint density at radius 2 is 1.86 bits per heavy atom. The van der Waals surface area contributed by atoms with Crippen molar-refractivity contribution in [1.29, 1.82) is 0 Å². The average Bonchev–Trinajstić information content (AvgIpc) is 3.17. The fourth-order valence-electron chi connectivity index (χ4n) is 8.99. The number of allylic oxidation sites excluding steroid dienone is 1. The van der Waals surface area contributed by atoms with Crippen molar-refractivity contribution in [3.63, 3.8) is 0 Å². The average molecular weight is 401 g/mol. The van der Waals surface area contributed by atoms with Crippen molar-refractivity contribution in [2.24, 2.45) is 40.4 Å². The molecule has 0 spiro atoms. The summed E-state index contributed by atoms with van der Waals surface area (Å²) in [6, 6.07) is 0. The van der Waals surface area contributed by atoms with E-state index >= 15 is 0 Å². The molecule has 1 heterocycles. The summed E-state index contributed by atoms with van der Waals surface area (Å²) in [5, 5.41) is 10.2. The lowest BCUT2D eigenvalue weighted by Gasteiger charge is -2.58. The van der Waals surface area contributed by atoms with Gasteiger partial charge in [0.1, 0.15) is 0 Å². The van der Waals surface area contributed by atoms with Crippen molar-refractivity contribution in [3.05, 3.63) is 11.6 Å². The molecule has 0 amide bonds. The summed E-state index contributed by atoms with van der Waals surface area (Å²) >= 11 is 0. The number of epoxide rings is 1. The van der Waals surface area contributed by atoms with Crippen molar-refractivity contribution in [2.75, 3.05) is 0 Å². The zero-order chi connectivity index (χ0) is 20.6. The number of aliphatic hydroxyl groups excluding tert-OH is 1. The summed E-state index contributed by atoms with van der Waals surface area (Å²) in [5.74, 6) is 4.11. The van der Waals surface area contributed by atoms with E-state index in [0.717, 1.165) is 42.4 Å². The molecule has 0 aromatic carbocycles. The number of hydrogen-bond donors (Lipinski definition) is 1. The van der Waals surface area contributed by atoms with Gasteiger partial charge >= 0.3 is 0 Å².